The summed E-state index contributed by atoms with van der Waals surface area (Å²) in [5.41, 5.74) is 2.08. The molecule has 2 aromatic rings. The van der Waals surface area contributed by atoms with Gasteiger partial charge in [-0.25, -0.2) is 9.59 Å². The zero-order valence-corrected chi connectivity index (χ0v) is 26.7. The number of carbonyl (C=O) groups is 4. The lowest BCUT2D eigenvalue weighted by Gasteiger charge is -2.30. The van der Waals surface area contributed by atoms with Crippen molar-refractivity contribution in [2.45, 2.75) is 110 Å². The molecule has 234 valence electrons. The average molecular weight is 594 g/mol. The number of esters is 1. The molecule has 3 atom stereocenters. The molecular formula is C34H47N3O6. The molecule has 0 saturated carbocycles. The summed E-state index contributed by atoms with van der Waals surface area (Å²) >= 11 is 0. The predicted octanol–water partition coefficient (Wildman–Crippen LogP) is 5.41. The van der Waals surface area contributed by atoms with Crippen LogP contribution in [0.2, 0.25) is 0 Å². The van der Waals surface area contributed by atoms with E-state index in [1.807, 2.05) is 32.0 Å². The van der Waals surface area contributed by atoms with Crippen LogP contribution in [0.1, 0.15) is 101 Å². The molecule has 0 heterocycles. The van der Waals surface area contributed by atoms with E-state index in [9.17, 15) is 19.2 Å². The summed E-state index contributed by atoms with van der Waals surface area (Å²) in [5.74, 6) is -1.53. The molecule has 9 nitrogen and oxygen atoms in total. The molecule has 1 aliphatic rings. The highest BCUT2D eigenvalue weighted by atomic mass is 16.6. The van der Waals surface area contributed by atoms with Crippen molar-refractivity contribution in [1.29, 1.82) is 0 Å². The Morgan fingerprint density at radius 3 is 2.07 bits per heavy atom. The quantitative estimate of drug-likeness (QED) is 0.334. The molecule has 0 spiro atoms. The van der Waals surface area contributed by atoms with E-state index >= 15 is 0 Å². The normalized spacial score (nSPS) is 16.3. The molecule has 9 heteroatoms. The zero-order valence-electron chi connectivity index (χ0n) is 26.7. The number of hydrogen-bond donors (Lipinski definition) is 3. The molecular weight excluding hydrogens is 546 g/mol. The Kier molecular flexibility index (Phi) is 11.0. The number of carbonyl (C=O) groups excluding carboxylic acids is 4. The van der Waals surface area contributed by atoms with Gasteiger partial charge in [0.2, 0.25) is 11.8 Å². The second-order valence-corrected chi connectivity index (χ2v) is 13.5. The van der Waals surface area contributed by atoms with E-state index in [0.717, 1.165) is 30.4 Å². The topological polar surface area (TPSA) is 123 Å². The maximum Gasteiger partial charge on any atom is 0.408 e. The van der Waals surface area contributed by atoms with E-state index in [1.54, 1.807) is 65.8 Å². The van der Waals surface area contributed by atoms with Gasteiger partial charge in [0.15, 0.2) is 0 Å². The maximum atomic E-state index is 13.8. The van der Waals surface area contributed by atoms with Crippen molar-refractivity contribution in [1.82, 2.24) is 16.0 Å². The van der Waals surface area contributed by atoms with Crippen molar-refractivity contribution >= 4 is 23.9 Å². The lowest BCUT2D eigenvalue weighted by atomic mass is 9.87. The van der Waals surface area contributed by atoms with Crippen molar-refractivity contribution in [2.24, 2.45) is 5.92 Å². The van der Waals surface area contributed by atoms with Crippen molar-refractivity contribution in [3.05, 3.63) is 70.8 Å². The van der Waals surface area contributed by atoms with Crippen molar-refractivity contribution < 1.29 is 28.7 Å². The third-order valence-corrected chi connectivity index (χ3v) is 6.97. The minimum absolute atomic E-state index is 0.174. The summed E-state index contributed by atoms with van der Waals surface area (Å²) in [4.78, 5) is 52.3. The number of rotatable bonds is 9. The first kappa shape index (κ1) is 33.6. The molecule has 3 N–H and O–H groups in total. The second kappa shape index (κ2) is 14.1. The van der Waals surface area contributed by atoms with Crippen LogP contribution in [0.25, 0.3) is 0 Å². The molecule has 43 heavy (non-hydrogen) atoms. The molecule has 3 amide bonds. The van der Waals surface area contributed by atoms with Crippen LogP contribution in [0.15, 0.2) is 48.5 Å². The van der Waals surface area contributed by atoms with Crippen molar-refractivity contribution in [2.75, 3.05) is 0 Å². The standard InChI is InChI=1S/C34H47N3O6/c1-21(2)28(37-32(41)43-34(6,7)8)30(39)36-27(20-22-16-18-24(19-17-22)31(40)42-33(3,4)5)29(38)35-26-15-11-13-23-12-9-10-14-25(23)26/h9-10,12,14,16-19,21,26-28H,11,13,15,20H2,1-8H3,(H,35,38)(H,36,39)(H,37,41)/t26-,27+,28+/m1/s1. The van der Waals surface area contributed by atoms with Gasteiger partial charge in [0.25, 0.3) is 0 Å². The van der Waals surface area contributed by atoms with E-state index in [2.05, 4.69) is 22.0 Å². The van der Waals surface area contributed by atoms with Crippen molar-refractivity contribution in [3.63, 3.8) is 0 Å². The van der Waals surface area contributed by atoms with Crippen LogP contribution < -0.4 is 16.0 Å². The Morgan fingerprint density at radius 1 is 0.837 bits per heavy atom. The van der Waals surface area contributed by atoms with Gasteiger partial charge in [-0.15, -0.1) is 0 Å². The van der Waals surface area contributed by atoms with Gasteiger partial charge < -0.3 is 25.4 Å². The predicted molar refractivity (Wildman–Crippen MR) is 166 cm³/mol. The van der Waals surface area contributed by atoms with Gasteiger partial charge in [-0.1, -0.05) is 50.2 Å². The summed E-state index contributed by atoms with van der Waals surface area (Å²) in [6.07, 6.45) is 2.17. The monoisotopic (exact) mass is 593 g/mol. The van der Waals surface area contributed by atoms with Crippen LogP contribution in [0.4, 0.5) is 4.79 Å². The van der Waals surface area contributed by atoms with E-state index in [1.165, 1.54) is 5.56 Å². The molecule has 0 aromatic heterocycles. The first-order chi connectivity index (χ1) is 20.0. The summed E-state index contributed by atoms with van der Waals surface area (Å²) in [7, 11) is 0. The van der Waals surface area contributed by atoms with Crippen LogP contribution in [0.3, 0.4) is 0 Å². The fourth-order valence-electron chi connectivity index (χ4n) is 4.97. The Hall–Kier alpha value is -3.88. The lowest BCUT2D eigenvalue weighted by molar-refractivity contribution is -0.131. The summed E-state index contributed by atoms with van der Waals surface area (Å²) in [6, 6.07) is 12.8. The Labute approximate surface area is 255 Å². The maximum absolute atomic E-state index is 13.8. The Balaban J connectivity index is 1.82. The number of ether oxygens (including phenoxy) is 2. The second-order valence-electron chi connectivity index (χ2n) is 13.5. The molecule has 1 aliphatic carbocycles. The highest BCUT2D eigenvalue weighted by Crippen LogP contribution is 2.29. The number of benzene rings is 2. The van der Waals surface area contributed by atoms with Crippen LogP contribution in [0.5, 0.6) is 0 Å². The fraction of sp³-hybridized carbons (Fsp3) is 0.529. The molecule has 0 aliphatic heterocycles. The summed E-state index contributed by atoms with van der Waals surface area (Å²) in [6.45, 7) is 14.3. The molecule has 2 aromatic carbocycles. The summed E-state index contributed by atoms with van der Waals surface area (Å²) < 4.78 is 10.8. The van der Waals surface area contributed by atoms with Gasteiger partial charge in [-0.05, 0) is 95.5 Å². The Morgan fingerprint density at radius 2 is 1.47 bits per heavy atom. The largest absolute Gasteiger partial charge is 0.456 e. The summed E-state index contributed by atoms with van der Waals surface area (Å²) in [5, 5.41) is 8.70. The number of fused-ring (bicyclic) bond motifs is 1. The van der Waals surface area contributed by atoms with Gasteiger partial charge in [0, 0.05) is 6.42 Å². The van der Waals surface area contributed by atoms with E-state index in [4.69, 9.17) is 9.47 Å². The number of aryl methyl sites for hydroxylation is 1. The first-order valence-corrected chi connectivity index (χ1v) is 15.0. The van der Waals surface area contributed by atoms with Gasteiger partial charge in [0.05, 0.1) is 11.6 Å². The van der Waals surface area contributed by atoms with Gasteiger partial charge in [0.1, 0.15) is 23.3 Å². The number of amides is 3. The van der Waals surface area contributed by atoms with Crippen LogP contribution in [-0.2, 0) is 31.9 Å². The molecule has 0 unspecified atom stereocenters. The average Bonchev–Trinajstić information content (AvgIpc) is 2.89. The number of hydrogen-bond acceptors (Lipinski definition) is 6. The molecule has 0 radical (unpaired) electrons. The first-order valence-electron chi connectivity index (χ1n) is 15.0. The van der Waals surface area contributed by atoms with E-state index in [-0.39, 0.29) is 24.3 Å². The minimum atomic E-state index is -0.935. The smallest absolute Gasteiger partial charge is 0.408 e. The SMILES string of the molecule is CC(C)[C@H](NC(=O)OC(C)(C)C)C(=O)N[C@@H](Cc1ccc(C(=O)OC(C)(C)C)cc1)C(=O)N[C@@H]1CCCc2ccccc21. The Bertz CT molecular complexity index is 1290. The van der Waals surface area contributed by atoms with Crippen LogP contribution in [-0.4, -0.2) is 47.2 Å². The van der Waals surface area contributed by atoms with Crippen LogP contribution >= 0.6 is 0 Å². The molecule has 0 saturated heterocycles. The van der Waals surface area contributed by atoms with Gasteiger partial charge in [-0.2, -0.15) is 0 Å². The fourth-order valence-corrected chi connectivity index (χ4v) is 4.97. The van der Waals surface area contributed by atoms with E-state index in [0.29, 0.717) is 5.56 Å². The van der Waals surface area contributed by atoms with Gasteiger partial charge in [-0.3, -0.25) is 9.59 Å². The van der Waals surface area contributed by atoms with Crippen molar-refractivity contribution in [3.8, 4) is 0 Å². The minimum Gasteiger partial charge on any atom is -0.456 e. The molecule has 3 rings (SSSR count). The third kappa shape index (κ3) is 10.4. The molecule has 0 fully saturated rings. The highest BCUT2D eigenvalue weighted by Gasteiger charge is 2.32. The van der Waals surface area contributed by atoms with Gasteiger partial charge >= 0.3 is 12.1 Å². The zero-order chi connectivity index (χ0) is 31.9. The molecule has 0 bridgehead atoms. The third-order valence-electron chi connectivity index (χ3n) is 6.97. The van der Waals surface area contributed by atoms with Crippen LogP contribution in [0, 0.1) is 5.92 Å². The highest BCUT2D eigenvalue weighted by molar-refractivity contribution is 5.92. The number of nitrogens with one attached hydrogen (secondary N) is 3. The lowest BCUT2D eigenvalue weighted by Crippen LogP contribution is -2.56. The number of alkyl carbamates (subject to hydrolysis) is 1. The van der Waals surface area contributed by atoms with E-state index < -0.39 is 41.3 Å².